The molecule has 108 valence electrons. The fourth-order valence-corrected chi connectivity index (χ4v) is 3.47. The van der Waals surface area contributed by atoms with Crippen LogP contribution < -0.4 is 0 Å². The van der Waals surface area contributed by atoms with Crippen molar-refractivity contribution in [3.8, 4) is 0 Å². The van der Waals surface area contributed by atoms with Gasteiger partial charge in [0.05, 0.1) is 11.5 Å². The fraction of sp³-hybridized carbons (Fsp3) is 0.400. The Morgan fingerprint density at radius 1 is 1.35 bits per heavy atom. The number of nitrogens with zero attached hydrogens (tertiary/aromatic N) is 1. The van der Waals surface area contributed by atoms with Crippen LogP contribution in [0.3, 0.4) is 0 Å². The second-order valence-corrected chi connectivity index (χ2v) is 5.49. The van der Waals surface area contributed by atoms with Crippen molar-refractivity contribution in [3.05, 3.63) is 34.5 Å². The van der Waals surface area contributed by atoms with Gasteiger partial charge in [0, 0.05) is 35.8 Å². The lowest BCUT2D eigenvalue weighted by molar-refractivity contribution is 0.0773. The maximum Gasteiger partial charge on any atom is 0.264 e. The predicted molar refractivity (Wildman–Crippen MR) is 79.7 cm³/mol. The molecule has 0 aliphatic rings. The molecule has 3 nitrogen and oxygen atoms in total. The van der Waals surface area contributed by atoms with Crippen molar-refractivity contribution in [2.45, 2.75) is 20.5 Å². The highest BCUT2D eigenvalue weighted by molar-refractivity contribution is 7.21. The Labute approximate surface area is 122 Å². The maximum absolute atomic E-state index is 14.0. The van der Waals surface area contributed by atoms with Crippen LogP contribution in [-0.4, -0.2) is 31.0 Å². The van der Waals surface area contributed by atoms with Crippen molar-refractivity contribution >= 4 is 27.3 Å². The van der Waals surface area contributed by atoms with Gasteiger partial charge in [0.2, 0.25) is 0 Å². The van der Waals surface area contributed by atoms with Crippen molar-refractivity contribution in [2.75, 3.05) is 20.2 Å². The third-order valence-corrected chi connectivity index (χ3v) is 4.48. The molecule has 5 heteroatoms. The highest BCUT2D eigenvalue weighted by Crippen LogP contribution is 2.34. The van der Waals surface area contributed by atoms with E-state index in [-0.39, 0.29) is 18.3 Å². The number of amides is 1. The van der Waals surface area contributed by atoms with E-state index in [1.165, 1.54) is 17.4 Å². The standard InChI is InChI=1S/C15H18FNO2S/c1-4-17(5-2)15(18)14-10(9-19-3)13-11(16)7-6-8-12(13)20-14/h6-8H,4-5,9H2,1-3H3. The number of rotatable bonds is 5. The van der Waals surface area contributed by atoms with Crippen LogP contribution in [0.4, 0.5) is 4.39 Å². The summed E-state index contributed by atoms with van der Waals surface area (Å²) >= 11 is 1.33. The molecule has 1 aromatic carbocycles. The summed E-state index contributed by atoms with van der Waals surface area (Å²) in [5, 5.41) is 0.509. The van der Waals surface area contributed by atoms with Crippen molar-refractivity contribution < 1.29 is 13.9 Å². The summed E-state index contributed by atoms with van der Waals surface area (Å²) in [5.41, 5.74) is 0.655. The van der Waals surface area contributed by atoms with E-state index >= 15 is 0 Å². The second-order valence-electron chi connectivity index (χ2n) is 4.43. The minimum atomic E-state index is -0.301. The Hall–Kier alpha value is -1.46. The van der Waals surface area contributed by atoms with Gasteiger partial charge in [-0.1, -0.05) is 6.07 Å². The summed E-state index contributed by atoms with van der Waals surface area (Å²) in [6.45, 7) is 5.39. The molecule has 0 saturated carbocycles. The van der Waals surface area contributed by atoms with Gasteiger partial charge in [-0.25, -0.2) is 4.39 Å². The Bertz CT molecular complexity index is 620. The summed E-state index contributed by atoms with van der Waals surface area (Å²) in [6.07, 6.45) is 0. The number of carbonyl (C=O) groups excluding carboxylic acids is 1. The second kappa shape index (κ2) is 6.33. The molecule has 1 heterocycles. The molecule has 0 unspecified atom stereocenters. The number of methoxy groups -OCH3 is 1. The number of hydrogen-bond donors (Lipinski definition) is 0. The van der Waals surface area contributed by atoms with Gasteiger partial charge in [0.25, 0.3) is 5.91 Å². The van der Waals surface area contributed by atoms with Gasteiger partial charge >= 0.3 is 0 Å². The smallest absolute Gasteiger partial charge is 0.264 e. The van der Waals surface area contributed by atoms with Crippen molar-refractivity contribution in [1.82, 2.24) is 4.90 Å². The van der Waals surface area contributed by atoms with Crippen molar-refractivity contribution in [1.29, 1.82) is 0 Å². The molecule has 0 radical (unpaired) electrons. The van der Waals surface area contributed by atoms with Crippen LogP contribution in [0, 0.1) is 5.82 Å². The van der Waals surface area contributed by atoms with Crippen LogP contribution in [0.5, 0.6) is 0 Å². The highest BCUT2D eigenvalue weighted by atomic mass is 32.1. The molecule has 0 aliphatic carbocycles. The quantitative estimate of drug-likeness (QED) is 0.842. The largest absolute Gasteiger partial charge is 0.380 e. The van der Waals surface area contributed by atoms with Gasteiger partial charge in [-0.2, -0.15) is 0 Å². The first kappa shape index (κ1) is 14.9. The zero-order valence-corrected chi connectivity index (χ0v) is 12.7. The Balaban J connectivity index is 2.60. The molecule has 0 atom stereocenters. The summed E-state index contributed by atoms with van der Waals surface area (Å²) < 4.78 is 20.0. The molecule has 0 fully saturated rings. The van der Waals surface area contributed by atoms with Crippen LogP contribution in [0.15, 0.2) is 18.2 Å². The Kier molecular flexibility index (Phi) is 4.73. The van der Waals surface area contributed by atoms with Gasteiger partial charge in [-0.15, -0.1) is 11.3 Å². The summed E-state index contributed by atoms with van der Waals surface area (Å²) in [4.78, 5) is 14.9. The van der Waals surface area contributed by atoms with E-state index in [4.69, 9.17) is 4.74 Å². The van der Waals surface area contributed by atoms with E-state index in [1.807, 2.05) is 19.9 Å². The molecule has 0 bridgehead atoms. The minimum Gasteiger partial charge on any atom is -0.380 e. The average Bonchev–Trinajstić information content (AvgIpc) is 2.81. The van der Waals surface area contributed by atoms with E-state index < -0.39 is 0 Å². The lowest BCUT2D eigenvalue weighted by atomic mass is 10.1. The summed E-state index contributed by atoms with van der Waals surface area (Å²) in [6, 6.07) is 4.91. The number of benzene rings is 1. The average molecular weight is 295 g/mol. The first-order chi connectivity index (χ1) is 9.63. The Morgan fingerprint density at radius 3 is 2.65 bits per heavy atom. The minimum absolute atomic E-state index is 0.0531. The number of thiophene rings is 1. The molecule has 1 aromatic heterocycles. The van der Waals surface area contributed by atoms with Gasteiger partial charge in [-0.3, -0.25) is 4.79 Å². The monoisotopic (exact) mass is 295 g/mol. The molecular weight excluding hydrogens is 277 g/mol. The van der Waals surface area contributed by atoms with E-state index in [1.54, 1.807) is 18.1 Å². The van der Waals surface area contributed by atoms with E-state index in [0.717, 1.165) is 4.70 Å². The molecular formula is C15H18FNO2S. The summed E-state index contributed by atoms with van der Waals surface area (Å²) in [7, 11) is 1.55. The zero-order valence-electron chi connectivity index (χ0n) is 11.9. The molecule has 2 aromatic rings. The van der Waals surface area contributed by atoms with Crippen LogP contribution >= 0.6 is 11.3 Å². The van der Waals surface area contributed by atoms with Crippen molar-refractivity contribution in [2.24, 2.45) is 0 Å². The van der Waals surface area contributed by atoms with Crippen LogP contribution in [-0.2, 0) is 11.3 Å². The highest BCUT2D eigenvalue weighted by Gasteiger charge is 2.23. The first-order valence-corrected chi connectivity index (χ1v) is 7.43. The maximum atomic E-state index is 14.0. The number of fused-ring (bicyclic) bond motifs is 1. The fourth-order valence-electron chi connectivity index (χ4n) is 2.28. The molecule has 0 aliphatic heterocycles. The normalized spacial score (nSPS) is 11.0. The lowest BCUT2D eigenvalue weighted by Gasteiger charge is -2.18. The molecule has 2 rings (SSSR count). The van der Waals surface area contributed by atoms with Crippen LogP contribution in [0.2, 0.25) is 0 Å². The number of ether oxygens (including phenoxy) is 1. The first-order valence-electron chi connectivity index (χ1n) is 6.62. The van der Waals surface area contributed by atoms with Gasteiger partial charge < -0.3 is 9.64 Å². The lowest BCUT2D eigenvalue weighted by Crippen LogP contribution is -2.30. The SMILES string of the molecule is CCN(CC)C(=O)c1sc2cccc(F)c2c1COC. The summed E-state index contributed by atoms with van der Waals surface area (Å²) in [5.74, 6) is -0.355. The van der Waals surface area contributed by atoms with Crippen LogP contribution in [0.25, 0.3) is 10.1 Å². The van der Waals surface area contributed by atoms with Gasteiger partial charge in [0.15, 0.2) is 0 Å². The zero-order chi connectivity index (χ0) is 14.7. The number of carbonyl (C=O) groups is 1. The van der Waals surface area contributed by atoms with Crippen LogP contribution in [0.1, 0.15) is 29.1 Å². The molecule has 0 N–H and O–H groups in total. The van der Waals surface area contributed by atoms with E-state index in [0.29, 0.717) is 28.9 Å². The van der Waals surface area contributed by atoms with Gasteiger partial charge in [-0.05, 0) is 26.0 Å². The number of hydrogen-bond acceptors (Lipinski definition) is 3. The molecule has 0 spiro atoms. The topological polar surface area (TPSA) is 29.5 Å². The van der Waals surface area contributed by atoms with E-state index in [2.05, 4.69) is 0 Å². The van der Waals surface area contributed by atoms with Gasteiger partial charge in [0.1, 0.15) is 5.82 Å². The third kappa shape index (κ3) is 2.55. The van der Waals surface area contributed by atoms with Crippen molar-refractivity contribution in [3.63, 3.8) is 0 Å². The molecule has 20 heavy (non-hydrogen) atoms. The van der Waals surface area contributed by atoms with E-state index in [9.17, 15) is 9.18 Å². The Morgan fingerprint density at radius 2 is 2.05 bits per heavy atom. The number of halogens is 1. The molecule has 0 saturated heterocycles. The molecule has 1 amide bonds. The third-order valence-electron chi connectivity index (χ3n) is 3.30. The predicted octanol–water partition coefficient (Wildman–Crippen LogP) is 3.67.